The average molecular weight is 333 g/mol. The van der Waals surface area contributed by atoms with Crippen molar-refractivity contribution in [1.82, 2.24) is 15.1 Å². The molecule has 0 aliphatic carbocycles. The number of hydrogen-bond donors (Lipinski definition) is 2. The number of hydrogen-bond acceptors (Lipinski definition) is 4. The molecule has 9 heteroatoms. The second kappa shape index (κ2) is 6.42. The van der Waals surface area contributed by atoms with E-state index in [1.165, 1.54) is 23.1 Å². The number of halogens is 2. The first kappa shape index (κ1) is 15.7. The van der Waals surface area contributed by atoms with E-state index >= 15 is 0 Å². The highest BCUT2D eigenvalue weighted by Gasteiger charge is 2.17. The van der Waals surface area contributed by atoms with Crippen LogP contribution in [0.1, 0.15) is 0 Å². The molecule has 2 aromatic rings. The van der Waals surface area contributed by atoms with Crippen LogP contribution in [0.25, 0.3) is 0 Å². The monoisotopic (exact) mass is 332 g/mol. The van der Waals surface area contributed by atoms with Gasteiger partial charge in [0.2, 0.25) is 0 Å². The highest BCUT2D eigenvalue weighted by molar-refractivity contribution is 7.92. The number of rotatable bonds is 6. The number of nitrogens with zero attached hydrogens (tertiary/aromatic N) is 2. The average Bonchev–Trinajstić information content (AvgIpc) is 2.84. The summed E-state index contributed by atoms with van der Waals surface area (Å²) < 4.78 is 41.3. The van der Waals surface area contributed by atoms with E-state index in [1.54, 1.807) is 7.05 Å². The van der Waals surface area contributed by atoms with Crippen LogP contribution in [0.2, 0.25) is 5.02 Å². The molecule has 1 heterocycles. The lowest BCUT2D eigenvalue weighted by atomic mass is 10.3. The Morgan fingerprint density at radius 3 is 2.81 bits per heavy atom. The van der Waals surface area contributed by atoms with E-state index < -0.39 is 15.8 Å². The van der Waals surface area contributed by atoms with Gasteiger partial charge in [-0.1, -0.05) is 11.6 Å². The summed E-state index contributed by atoms with van der Waals surface area (Å²) in [4.78, 5) is -0.000938. The molecule has 21 heavy (non-hydrogen) atoms. The zero-order valence-electron chi connectivity index (χ0n) is 11.2. The summed E-state index contributed by atoms with van der Waals surface area (Å²) in [5.74, 6) is -0.620. The zero-order chi connectivity index (χ0) is 15.5. The van der Waals surface area contributed by atoms with Crippen LogP contribution in [0.15, 0.2) is 35.5 Å². The maximum Gasteiger partial charge on any atom is 0.265 e. The lowest BCUT2D eigenvalue weighted by Crippen LogP contribution is -2.15. The molecule has 0 aliphatic heterocycles. The second-order valence-electron chi connectivity index (χ2n) is 4.31. The maximum atomic E-state index is 13.2. The molecule has 0 amide bonds. The van der Waals surface area contributed by atoms with E-state index in [9.17, 15) is 12.8 Å². The predicted octanol–water partition coefficient (Wildman–Crippen LogP) is 1.70. The van der Waals surface area contributed by atoms with Crippen molar-refractivity contribution in [2.24, 2.45) is 0 Å². The van der Waals surface area contributed by atoms with E-state index in [2.05, 4.69) is 15.1 Å². The molecule has 2 rings (SSSR count). The summed E-state index contributed by atoms with van der Waals surface area (Å²) in [6.07, 6.45) is 2.64. The summed E-state index contributed by atoms with van der Waals surface area (Å²) >= 11 is 5.69. The van der Waals surface area contributed by atoms with Crippen LogP contribution in [-0.2, 0) is 16.6 Å². The first-order valence-electron chi connectivity index (χ1n) is 6.07. The van der Waals surface area contributed by atoms with E-state index in [-0.39, 0.29) is 15.6 Å². The third-order valence-electron chi connectivity index (χ3n) is 2.63. The Labute approximate surface area is 127 Å². The van der Waals surface area contributed by atoms with E-state index in [0.29, 0.717) is 13.1 Å². The van der Waals surface area contributed by atoms with Gasteiger partial charge in [-0.15, -0.1) is 0 Å². The molecule has 0 radical (unpaired) electrons. The van der Waals surface area contributed by atoms with Crippen molar-refractivity contribution in [3.63, 3.8) is 0 Å². The lowest BCUT2D eigenvalue weighted by Gasteiger charge is -2.06. The standard InChI is InChI=1S/C12H14ClFN4O2S/c1-15-2-3-18-8-12(7-16-18)21(19,20)17-11-5-9(13)4-10(14)6-11/h4-8,15,17H,2-3H2,1H3. The van der Waals surface area contributed by atoms with Crippen molar-refractivity contribution in [1.29, 1.82) is 0 Å². The molecular formula is C12H14ClFN4O2S. The summed E-state index contributed by atoms with van der Waals surface area (Å²) in [6.45, 7) is 1.20. The van der Waals surface area contributed by atoms with Crippen molar-refractivity contribution >= 4 is 27.3 Å². The highest BCUT2D eigenvalue weighted by atomic mass is 35.5. The van der Waals surface area contributed by atoms with Crippen molar-refractivity contribution < 1.29 is 12.8 Å². The number of likely N-dealkylation sites (N-methyl/N-ethyl adjacent to an activating group) is 1. The third-order valence-corrected chi connectivity index (χ3v) is 4.18. The SMILES string of the molecule is CNCCn1cc(S(=O)(=O)Nc2cc(F)cc(Cl)c2)cn1. The largest absolute Gasteiger partial charge is 0.318 e. The first-order chi connectivity index (χ1) is 9.90. The molecule has 6 nitrogen and oxygen atoms in total. The Morgan fingerprint density at radius 1 is 1.38 bits per heavy atom. The van der Waals surface area contributed by atoms with Crippen LogP contribution in [0.3, 0.4) is 0 Å². The normalized spacial score (nSPS) is 11.6. The topological polar surface area (TPSA) is 76.0 Å². The van der Waals surface area contributed by atoms with E-state index in [1.807, 2.05) is 0 Å². The fourth-order valence-electron chi connectivity index (χ4n) is 1.66. The Bertz CT molecular complexity index is 712. The Balaban J connectivity index is 2.19. The number of anilines is 1. The van der Waals surface area contributed by atoms with Crippen molar-refractivity contribution in [2.45, 2.75) is 11.4 Å². The van der Waals surface area contributed by atoms with Crippen LogP contribution >= 0.6 is 11.6 Å². The summed E-state index contributed by atoms with van der Waals surface area (Å²) in [5, 5.41) is 7.00. The van der Waals surface area contributed by atoms with Gasteiger partial charge in [-0.05, 0) is 25.2 Å². The zero-order valence-corrected chi connectivity index (χ0v) is 12.7. The van der Waals surface area contributed by atoms with Gasteiger partial charge in [0, 0.05) is 17.8 Å². The molecule has 0 spiro atoms. The van der Waals surface area contributed by atoms with Gasteiger partial charge in [0.1, 0.15) is 10.7 Å². The fourth-order valence-corrected chi connectivity index (χ4v) is 2.87. The number of nitrogens with one attached hydrogen (secondary N) is 2. The number of aromatic nitrogens is 2. The highest BCUT2D eigenvalue weighted by Crippen LogP contribution is 2.21. The van der Waals surface area contributed by atoms with E-state index in [4.69, 9.17) is 11.6 Å². The van der Waals surface area contributed by atoms with Crippen LogP contribution < -0.4 is 10.0 Å². The van der Waals surface area contributed by atoms with Crippen molar-refractivity contribution in [3.05, 3.63) is 41.4 Å². The van der Waals surface area contributed by atoms with Crippen molar-refractivity contribution in [2.75, 3.05) is 18.3 Å². The smallest absolute Gasteiger partial charge is 0.265 e. The molecule has 0 saturated carbocycles. The van der Waals surface area contributed by atoms with Crippen LogP contribution in [-0.4, -0.2) is 31.8 Å². The number of sulfonamides is 1. The Hall–Kier alpha value is -1.64. The maximum absolute atomic E-state index is 13.2. The molecule has 0 aliphatic rings. The van der Waals surface area contributed by atoms with E-state index in [0.717, 1.165) is 12.1 Å². The van der Waals surface area contributed by atoms with Crippen molar-refractivity contribution in [3.8, 4) is 0 Å². The summed E-state index contributed by atoms with van der Waals surface area (Å²) in [5.41, 5.74) is 0.0583. The van der Waals surface area contributed by atoms with Gasteiger partial charge in [-0.2, -0.15) is 5.10 Å². The lowest BCUT2D eigenvalue weighted by molar-refractivity contribution is 0.582. The summed E-state index contributed by atoms with van der Waals surface area (Å²) in [6, 6.07) is 3.47. The van der Waals surface area contributed by atoms with Gasteiger partial charge in [-0.3, -0.25) is 9.40 Å². The molecule has 1 aromatic heterocycles. The quantitative estimate of drug-likeness (QED) is 0.844. The second-order valence-corrected chi connectivity index (χ2v) is 6.43. The van der Waals surface area contributed by atoms with Crippen LogP contribution in [0, 0.1) is 5.82 Å². The van der Waals surface area contributed by atoms with Crippen LogP contribution in [0.4, 0.5) is 10.1 Å². The molecule has 0 atom stereocenters. The number of benzene rings is 1. The minimum atomic E-state index is -3.83. The third kappa shape index (κ3) is 4.16. The minimum Gasteiger partial charge on any atom is -0.318 e. The molecule has 2 N–H and O–H groups in total. The van der Waals surface area contributed by atoms with Crippen LogP contribution in [0.5, 0.6) is 0 Å². The predicted molar refractivity (Wildman–Crippen MR) is 78.4 cm³/mol. The molecule has 0 saturated heterocycles. The molecule has 1 aromatic carbocycles. The summed E-state index contributed by atoms with van der Waals surface area (Å²) in [7, 11) is -2.04. The van der Waals surface area contributed by atoms with Gasteiger partial charge < -0.3 is 5.32 Å². The first-order valence-corrected chi connectivity index (χ1v) is 7.93. The van der Waals surface area contributed by atoms with Gasteiger partial charge in [0.25, 0.3) is 10.0 Å². The molecular weight excluding hydrogens is 319 g/mol. The molecule has 0 fully saturated rings. The Kier molecular flexibility index (Phi) is 4.81. The minimum absolute atomic E-state index is 0.000938. The molecule has 0 bridgehead atoms. The van der Waals surface area contributed by atoms with Gasteiger partial charge in [-0.25, -0.2) is 12.8 Å². The van der Waals surface area contributed by atoms with Gasteiger partial charge >= 0.3 is 0 Å². The van der Waals surface area contributed by atoms with Gasteiger partial charge in [0.05, 0.1) is 18.4 Å². The Morgan fingerprint density at radius 2 is 2.14 bits per heavy atom. The fraction of sp³-hybridized carbons (Fsp3) is 0.250. The van der Waals surface area contributed by atoms with Gasteiger partial charge in [0.15, 0.2) is 0 Å². The molecule has 0 unspecified atom stereocenters. The molecule has 114 valence electrons.